The highest BCUT2D eigenvalue weighted by Gasteiger charge is 2.55. The number of halogens is 7. The second-order valence-electron chi connectivity index (χ2n) is 6.13. The molecule has 2 rings (SSSR count). The second-order valence-corrected chi connectivity index (χ2v) is 6.13. The van der Waals surface area contributed by atoms with Crippen LogP contribution < -0.4 is 5.46 Å². The fourth-order valence-corrected chi connectivity index (χ4v) is 2.07. The first-order valence-electron chi connectivity index (χ1n) is 6.49. The summed E-state index contributed by atoms with van der Waals surface area (Å²) in [6.07, 6.45) is -5.59. The number of benzene rings is 1. The Morgan fingerprint density at radius 3 is 1.39 bits per heavy atom. The molecule has 1 aromatic rings. The maximum atomic E-state index is 13.9. The molecule has 1 aliphatic rings. The molecule has 0 radical (unpaired) electrons. The highest BCUT2D eigenvalue weighted by molar-refractivity contribution is 6.62. The fourth-order valence-electron chi connectivity index (χ4n) is 2.07. The van der Waals surface area contributed by atoms with Crippen LogP contribution in [0.2, 0.25) is 0 Å². The molecule has 0 unspecified atom stereocenters. The molecule has 0 N–H and O–H groups in total. The third kappa shape index (κ3) is 2.71. The van der Waals surface area contributed by atoms with Crippen LogP contribution in [0.3, 0.4) is 0 Å². The van der Waals surface area contributed by atoms with Gasteiger partial charge < -0.3 is 9.31 Å². The van der Waals surface area contributed by atoms with Crippen molar-refractivity contribution >= 4 is 12.6 Å². The van der Waals surface area contributed by atoms with Crippen molar-refractivity contribution in [3.63, 3.8) is 0 Å². The Morgan fingerprint density at radius 1 is 0.739 bits per heavy atom. The molecule has 1 fully saturated rings. The zero-order chi connectivity index (χ0) is 18.0. The average molecular weight is 344 g/mol. The molecule has 0 aliphatic carbocycles. The van der Waals surface area contributed by atoms with Crippen molar-refractivity contribution < 1.29 is 40.0 Å². The van der Waals surface area contributed by atoms with Gasteiger partial charge >= 0.3 is 13.3 Å². The van der Waals surface area contributed by atoms with E-state index in [4.69, 9.17) is 9.31 Å². The summed E-state index contributed by atoms with van der Waals surface area (Å²) in [5.41, 5.74) is -6.21. The summed E-state index contributed by atoms with van der Waals surface area (Å²) in [4.78, 5) is 0. The van der Waals surface area contributed by atoms with Crippen LogP contribution >= 0.6 is 0 Å². The van der Waals surface area contributed by atoms with E-state index in [1.54, 1.807) is 0 Å². The van der Waals surface area contributed by atoms with E-state index in [1.807, 2.05) is 0 Å². The van der Waals surface area contributed by atoms with Gasteiger partial charge in [0.05, 0.1) is 16.7 Å². The molecule has 0 aromatic heterocycles. The van der Waals surface area contributed by atoms with Crippen molar-refractivity contribution in [3.05, 3.63) is 28.8 Å². The van der Waals surface area contributed by atoms with Crippen molar-refractivity contribution in [3.8, 4) is 0 Å². The van der Waals surface area contributed by atoms with Gasteiger partial charge in [0.1, 0.15) is 5.56 Å². The lowest BCUT2D eigenvalue weighted by molar-refractivity contribution is -0.143. The summed E-state index contributed by atoms with van der Waals surface area (Å²) in [6, 6.07) is 0. The number of rotatable bonds is 1. The fraction of sp³-hybridized carbons (Fsp3) is 0.538. The maximum Gasteiger partial charge on any atom is 0.501 e. The van der Waals surface area contributed by atoms with Gasteiger partial charge in [-0.25, -0.2) is 17.6 Å². The highest BCUT2D eigenvalue weighted by Crippen LogP contribution is 2.39. The molecule has 0 bridgehead atoms. The zero-order valence-electron chi connectivity index (χ0n) is 12.5. The average Bonchev–Trinajstić information content (AvgIpc) is 2.54. The van der Waals surface area contributed by atoms with Crippen LogP contribution in [0.4, 0.5) is 30.7 Å². The van der Waals surface area contributed by atoms with Gasteiger partial charge in [-0.1, -0.05) is 0 Å². The van der Waals surface area contributed by atoms with E-state index in [9.17, 15) is 30.7 Å². The Morgan fingerprint density at radius 2 is 1.09 bits per heavy atom. The smallest absolute Gasteiger partial charge is 0.399 e. The molecule has 2 nitrogen and oxygen atoms in total. The topological polar surface area (TPSA) is 18.5 Å². The summed E-state index contributed by atoms with van der Waals surface area (Å²) in [6.45, 7) is 6.00. The first-order valence-corrected chi connectivity index (χ1v) is 6.49. The molecule has 1 aliphatic heterocycles. The summed E-state index contributed by atoms with van der Waals surface area (Å²) in [5, 5.41) is 0. The molecule has 1 heterocycles. The molecular weight excluding hydrogens is 332 g/mol. The molecular formula is C13H12BF7O2. The first kappa shape index (κ1) is 18.1. The zero-order valence-corrected chi connectivity index (χ0v) is 12.5. The van der Waals surface area contributed by atoms with Crippen LogP contribution in [0.1, 0.15) is 33.3 Å². The molecule has 1 aromatic carbocycles. The van der Waals surface area contributed by atoms with Crippen molar-refractivity contribution in [2.24, 2.45) is 0 Å². The van der Waals surface area contributed by atoms with E-state index in [-0.39, 0.29) is 0 Å². The molecule has 0 atom stereocenters. The predicted molar refractivity (Wildman–Crippen MR) is 67.0 cm³/mol. The van der Waals surface area contributed by atoms with Gasteiger partial charge in [-0.15, -0.1) is 0 Å². The van der Waals surface area contributed by atoms with E-state index in [0.29, 0.717) is 0 Å². The minimum atomic E-state index is -5.59. The van der Waals surface area contributed by atoms with Gasteiger partial charge in [0.25, 0.3) is 0 Å². The normalized spacial score (nSPS) is 20.2. The standard InChI is InChI=1S/C13H12BF7O2/c1-11(2)12(3,4)23-14(22-11)6-9(17)7(15)5(13(19,20)21)8(16)10(6)18/h1-4H3. The predicted octanol–water partition coefficient (Wildman–Crippen LogP) is 3.56. The van der Waals surface area contributed by atoms with Gasteiger partial charge in [-0.2, -0.15) is 13.2 Å². The minimum Gasteiger partial charge on any atom is -0.399 e. The Balaban J connectivity index is 2.64. The van der Waals surface area contributed by atoms with Crippen LogP contribution in [-0.4, -0.2) is 18.3 Å². The molecule has 0 spiro atoms. The molecule has 0 saturated carbocycles. The van der Waals surface area contributed by atoms with Crippen LogP contribution in [0.25, 0.3) is 0 Å². The van der Waals surface area contributed by atoms with E-state index >= 15 is 0 Å². The van der Waals surface area contributed by atoms with Crippen molar-refractivity contribution in [1.82, 2.24) is 0 Å². The van der Waals surface area contributed by atoms with Crippen molar-refractivity contribution in [1.29, 1.82) is 0 Å². The van der Waals surface area contributed by atoms with Gasteiger partial charge in [0.2, 0.25) is 0 Å². The van der Waals surface area contributed by atoms with E-state index in [1.165, 1.54) is 27.7 Å². The Hall–Kier alpha value is -1.29. The van der Waals surface area contributed by atoms with Gasteiger partial charge in [-0.3, -0.25) is 0 Å². The van der Waals surface area contributed by atoms with E-state index in [0.717, 1.165) is 0 Å². The van der Waals surface area contributed by atoms with Gasteiger partial charge in [0, 0.05) is 0 Å². The second kappa shape index (κ2) is 5.10. The number of alkyl halides is 3. The Kier molecular flexibility index (Phi) is 4.01. The lowest BCUT2D eigenvalue weighted by Gasteiger charge is -2.32. The van der Waals surface area contributed by atoms with Crippen molar-refractivity contribution in [2.75, 3.05) is 0 Å². The van der Waals surface area contributed by atoms with Crippen LogP contribution in [0.15, 0.2) is 0 Å². The number of hydrogen-bond donors (Lipinski definition) is 0. The van der Waals surface area contributed by atoms with E-state index in [2.05, 4.69) is 0 Å². The lowest BCUT2D eigenvalue weighted by atomic mass is 9.77. The van der Waals surface area contributed by atoms with Gasteiger partial charge in [0.15, 0.2) is 23.3 Å². The summed E-state index contributed by atoms with van der Waals surface area (Å²) in [5.74, 6) is -9.48. The largest absolute Gasteiger partial charge is 0.501 e. The van der Waals surface area contributed by atoms with Crippen molar-refractivity contribution in [2.45, 2.75) is 45.1 Å². The van der Waals surface area contributed by atoms with Crippen LogP contribution in [0.5, 0.6) is 0 Å². The molecule has 1 saturated heterocycles. The summed E-state index contributed by atoms with van der Waals surface area (Å²) >= 11 is 0. The molecule has 128 valence electrons. The maximum absolute atomic E-state index is 13.9. The number of hydrogen-bond acceptors (Lipinski definition) is 2. The molecule has 23 heavy (non-hydrogen) atoms. The summed E-state index contributed by atoms with van der Waals surface area (Å²) < 4.78 is 103. The quantitative estimate of drug-likeness (QED) is 0.441. The highest BCUT2D eigenvalue weighted by atomic mass is 19.4. The first-order chi connectivity index (χ1) is 10.2. The SMILES string of the molecule is CC1(C)OB(c2c(F)c(F)c(C(F)(F)F)c(F)c2F)OC1(C)C. The summed E-state index contributed by atoms with van der Waals surface area (Å²) in [7, 11) is -1.88. The van der Waals surface area contributed by atoms with Crippen LogP contribution in [-0.2, 0) is 15.5 Å². The Bertz CT molecular complexity index is 610. The molecule has 0 amide bonds. The Labute approximate surface area is 127 Å². The van der Waals surface area contributed by atoms with Crippen LogP contribution in [0, 0.1) is 23.3 Å². The monoisotopic (exact) mass is 344 g/mol. The molecule has 10 heteroatoms. The third-order valence-electron chi connectivity index (χ3n) is 4.07. The lowest BCUT2D eigenvalue weighted by Crippen LogP contribution is -2.41. The minimum absolute atomic E-state index is 1.10. The third-order valence-corrected chi connectivity index (χ3v) is 4.07. The van der Waals surface area contributed by atoms with Gasteiger partial charge in [-0.05, 0) is 27.7 Å². The van der Waals surface area contributed by atoms with E-state index < -0.39 is 58.8 Å².